The average molecular weight is 213 g/mol. The first-order valence-corrected chi connectivity index (χ1v) is 5.80. The molecule has 0 bridgehead atoms. The van der Waals surface area contributed by atoms with Gasteiger partial charge < -0.3 is 4.74 Å². The fourth-order valence-electron chi connectivity index (χ4n) is 2.38. The zero-order chi connectivity index (χ0) is 11.1. The largest absolute Gasteiger partial charge is 0.474 e. The molecule has 82 valence electrons. The molecule has 0 saturated carbocycles. The van der Waals surface area contributed by atoms with Crippen molar-refractivity contribution in [1.29, 1.82) is 0 Å². The Morgan fingerprint density at radius 2 is 2.12 bits per heavy atom. The van der Waals surface area contributed by atoms with Gasteiger partial charge in [0.2, 0.25) is 5.88 Å². The minimum atomic E-state index is 0.292. The zero-order valence-corrected chi connectivity index (χ0v) is 9.66. The van der Waals surface area contributed by atoms with Gasteiger partial charge in [-0.25, -0.2) is 4.98 Å². The van der Waals surface area contributed by atoms with Crippen LogP contribution in [-0.4, -0.2) is 11.1 Å². The molecule has 1 aliphatic heterocycles. The molecule has 0 saturated heterocycles. The van der Waals surface area contributed by atoms with E-state index in [0.29, 0.717) is 6.10 Å². The van der Waals surface area contributed by atoms with Gasteiger partial charge in [-0.1, -0.05) is 18.2 Å². The van der Waals surface area contributed by atoms with Crippen LogP contribution in [0.15, 0.2) is 24.3 Å². The van der Waals surface area contributed by atoms with Gasteiger partial charge in [-0.2, -0.15) is 0 Å². The van der Waals surface area contributed by atoms with Crippen LogP contribution < -0.4 is 4.74 Å². The van der Waals surface area contributed by atoms with E-state index in [0.717, 1.165) is 24.2 Å². The summed E-state index contributed by atoms with van der Waals surface area (Å²) >= 11 is 0. The maximum absolute atomic E-state index is 5.81. The van der Waals surface area contributed by atoms with Crippen molar-refractivity contribution in [1.82, 2.24) is 4.98 Å². The smallest absolute Gasteiger partial charge is 0.217 e. The predicted molar refractivity (Wildman–Crippen MR) is 64.9 cm³/mol. The number of fused-ring (bicyclic) bond motifs is 2. The molecule has 0 spiro atoms. The Morgan fingerprint density at radius 3 is 3.00 bits per heavy atom. The second-order valence-electron chi connectivity index (χ2n) is 4.50. The molecule has 0 aliphatic carbocycles. The molecule has 2 heteroatoms. The maximum atomic E-state index is 5.81. The Morgan fingerprint density at radius 1 is 1.31 bits per heavy atom. The number of pyridine rings is 1. The molecule has 2 heterocycles. The Kier molecular flexibility index (Phi) is 2.10. The lowest BCUT2D eigenvalue weighted by Gasteiger charge is -2.24. The van der Waals surface area contributed by atoms with E-state index in [-0.39, 0.29) is 0 Å². The minimum absolute atomic E-state index is 0.292. The van der Waals surface area contributed by atoms with E-state index < -0.39 is 0 Å². The summed E-state index contributed by atoms with van der Waals surface area (Å²) in [5, 5.41) is 1.25. The van der Waals surface area contributed by atoms with Crippen LogP contribution in [0.1, 0.15) is 24.5 Å². The minimum Gasteiger partial charge on any atom is -0.474 e. The topological polar surface area (TPSA) is 22.1 Å². The molecule has 0 amide bonds. The fraction of sp³-hybridized carbons (Fsp3) is 0.357. The molecular formula is C14H15NO. The van der Waals surface area contributed by atoms with Crippen molar-refractivity contribution in [3.8, 4) is 5.88 Å². The van der Waals surface area contributed by atoms with Gasteiger partial charge in [0.1, 0.15) is 0 Å². The van der Waals surface area contributed by atoms with Gasteiger partial charge in [-0.05, 0) is 38.3 Å². The number of rotatable bonds is 0. The molecule has 1 atom stereocenters. The van der Waals surface area contributed by atoms with Crippen LogP contribution in [0.2, 0.25) is 0 Å². The number of ether oxygens (including phenoxy) is 1. The van der Waals surface area contributed by atoms with Crippen molar-refractivity contribution in [2.24, 2.45) is 0 Å². The van der Waals surface area contributed by atoms with Crippen molar-refractivity contribution < 1.29 is 4.74 Å². The van der Waals surface area contributed by atoms with Crippen LogP contribution >= 0.6 is 0 Å². The van der Waals surface area contributed by atoms with Crippen LogP contribution in [0.4, 0.5) is 0 Å². The number of para-hydroxylation sites is 1. The molecule has 0 radical (unpaired) electrons. The van der Waals surface area contributed by atoms with Crippen LogP contribution in [0, 0.1) is 6.92 Å². The highest BCUT2D eigenvalue weighted by molar-refractivity contribution is 5.84. The molecule has 0 fully saturated rings. The number of hydrogen-bond acceptors (Lipinski definition) is 2. The van der Waals surface area contributed by atoms with Crippen LogP contribution in [0.3, 0.4) is 0 Å². The lowest BCUT2D eigenvalue weighted by Crippen LogP contribution is -2.20. The predicted octanol–water partition coefficient (Wildman–Crippen LogP) is 3.26. The molecule has 0 N–H and O–H groups in total. The number of aromatic nitrogens is 1. The monoisotopic (exact) mass is 213 g/mol. The van der Waals surface area contributed by atoms with E-state index in [9.17, 15) is 0 Å². The van der Waals surface area contributed by atoms with E-state index in [1.807, 2.05) is 12.1 Å². The van der Waals surface area contributed by atoms with Crippen LogP contribution in [0.5, 0.6) is 5.88 Å². The number of nitrogens with zero attached hydrogens (tertiary/aromatic N) is 1. The third-order valence-corrected chi connectivity index (χ3v) is 3.35. The number of hydrogen-bond donors (Lipinski definition) is 0. The van der Waals surface area contributed by atoms with E-state index in [4.69, 9.17) is 4.74 Å². The molecule has 1 aromatic heterocycles. The molecular weight excluding hydrogens is 198 g/mol. The Hall–Kier alpha value is -1.57. The SMILES string of the molecule is Cc1c2c(nc3ccccc13)O[C@H](C)CC2. The van der Waals surface area contributed by atoms with E-state index >= 15 is 0 Å². The van der Waals surface area contributed by atoms with Gasteiger partial charge in [0.15, 0.2) is 0 Å². The lowest BCUT2D eigenvalue weighted by atomic mass is 9.98. The maximum Gasteiger partial charge on any atom is 0.217 e. The molecule has 2 aromatic rings. The normalized spacial score (nSPS) is 19.2. The molecule has 0 unspecified atom stereocenters. The average Bonchev–Trinajstić information content (AvgIpc) is 2.29. The molecule has 3 rings (SSSR count). The van der Waals surface area contributed by atoms with Crippen LogP contribution in [-0.2, 0) is 6.42 Å². The Balaban J connectivity index is 2.29. The van der Waals surface area contributed by atoms with Crippen molar-refractivity contribution in [3.63, 3.8) is 0 Å². The molecule has 1 aromatic carbocycles. The molecule has 16 heavy (non-hydrogen) atoms. The molecule has 1 aliphatic rings. The van der Waals surface area contributed by atoms with Crippen molar-refractivity contribution in [2.45, 2.75) is 32.8 Å². The standard InChI is InChI=1S/C14H15NO/c1-9-7-8-12-10(2)11-5-3-4-6-13(11)15-14(12)16-9/h3-6,9H,7-8H2,1-2H3/t9-/m1/s1. The van der Waals surface area contributed by atoms with Gasteiger partial charge in [0.25, 0.3) is 0 Å². The Bertz CT molecular complexity index is 548. The first-order valence-electron chi connectivity index (χ1n) is 5.80. The third kappa shape index (κ3) is 1.37. The van der Waals surface area contributed by atoms with Gasteiger partial charge in [-0.3, -0.25) is 0 Å². The van der Waals surface area contributed by atoms with E-state index in [1.165, 1.54) is 16.5 Å². The number of aryl methyl sites for hydroxylation is 1. The summed E-state index contributed by atoms with van der Waals surface area (Å²) in [5.41, 5.74) is 3.65. The second kappa shape index (κ2) is 3.48. The summed E-state index contributed by atoms with van der Waals surface area (Å²) in [7, 11) is 0. The summed E-state index contributed by atoms with van der Waals surface area (Å²) in [5.74, 6) is 0.843. The molecule has 2 nitrogen and oxygen atoms in total. The second-order valence-corrected chi connectivity index (χ2v) is 4.50. The summed E-state index contributed by atoms with van der Waals surface area (Å²) in [6.07, 6.45) is 2.47. The first kappa shape index (κ1) is 9.64. The summed E-state index contributed by atoms with van der Waals surface area (Å²) < 4.78 is 5.81. The quantitative estimate of drug-likeness (QED) is 0.670. The number of benzene rings is 1. The summed E-state index contributed by atoms with van der Waals surface area (Å²) in [4.78, 5) is 4.60. The third-order valence-electron chi connectivity index (χ3n) is 3.35. The zero-order valence-electron chi connectivity index (χ0n) is 9.66. The van der Waals surface area contributed by atoms with Gasteiger partial charge in [0.05, 0.1) is 11.6 Å². The summed E-state index contributed by atoms with van der Waals surface area (Å²) in [6.45, 7) is 4.28. The van der Waals surface area contributed by atoms with E-state index in [2.05, 4.69) is 31.0 Å². The van der Waals surface area contributed by atoms with Crippen LogP contribution in [0.25, 0.3) is 10.9 Å². The van der Waals surface area contributed by atoms with Gasteiger partial charge >= 0.3 is 0 Å². The first-order chi connectivity index (χ1) is 7.75. The highest BCUT2D eigenvalue weighted by Gasteiger charge is 2.20. The summed E-state index contributed by atoms with van der Waals surface area (Å²) in [6, 6.07) is 8.27. The van der Waals surface area contributed by atoms with Gasteiger partial charge in [0, 0.05) is 10.9 Å². The highest BCUT2D eigenvalue weighted by atomic mass is 16.5. The highest BCUT2D eigenvalue weighted by Crippen LogP contribution is 2.32. The van der Waals surface area contributed by atoms with Gasteiger partial charge in [-0.15, -0.1) is 0 Å². The van der Waals surface area contributed by atoms with Crippen molar-refractivity contribution in [2.75, 3.05) is 0 Å². The Labute approximate surface area is 95.3 Å². The fourth-order valence-corrected chi connectivity index (χ4v) is 2.38. The lowest BCUT2D eigenvalue weighted by molar-refractivity contribution is 0.184. The van der Waals surface area contributed by atoms with E-state index in [1.54, 1.807) is 0 Å². The van der Waals surface area contributed by atoms with Crippen molar-refractivity contribution >= 4 is 10.9 Å². The van der Waals surface area contributed by atoms with Crippen molar-refractivity contribution in [3.05, 3.63) is 35.4 Å².